The molecule has 6 nitrogen and oxygen atoms in total. The quantitative estimate of drug-likeness (QED) is 0.551. The standard InChI is InChI=1S/C20H13F2N5O/c21-18(22)11-25-17-4-3-14(8-16(17)9-23)20-27-26-19(28-20)13-1-2-15-10-24-6-5-12(15)7-13/h1-8,10,18,25H,11H2. The third-order valence-electron chi connectivity index (χ3n) is 4.15. The lowest BCUT2D eigenvalue weighted by Gasteiger charge is -2.08. The van der Waals surface area contributed by atoms with Crippen molar-refractivity contribution in [3.05, 3.63) is 60.4 Å². The number of benzene rings is 2. The smallest absolute Gasteiger partial charge is 0.255 e. The van der Waals surface area contributed by atoms with Gasteiger partial charge in [0.2, 0.25) is 11.8 Å². The number of aromatic nitrogens is 3. The maximum Gasteiger partial charge on any atom is 0.255 e. The van der Waals surface area contributed by atoms with E-state index in [-0.39, 0.29) is 11.5 Å². The van der Waals surface area contributed by atoms with Gasteiger partial charge in [-0.3, -0.25) is 4.98 Å². The van der Waals surface area contributed by atoms with Crippen molar-refractivity contribution in [2.45, 2.75) is 6.43 Å². The SMILES string of the molecule is N#Cc1cc(-c2nnc(-c3ccc4cnccc4c3)o2)ccc1NCC(F)F. The van der Waals surface area contributed by atoms with Crippen molar-refractivity contribution >= 4 is 16.5 Å². The largest absolute Gasteiger partial charge is 0.416 e. The Morgan fingerprint density at radius 3 is 2.50 bits per heavy atom. The van der Waals surface area contributed by atoms with Crippen LogP contribution in [0.5, 0.6) is 0 Å². The van der Waals surface area contributed by atoms with Crippen molar-refractivity contribution < 1.29 is 13.2 Å². The lowest BCUT2D eigenvalue weighted by molar-refractivity contribution is 0.163. The Balaban J connectivity index is 1.64. The first kappa shape index (κ1) is 17.5. The van der Waals surface area contributed by atoms with Crippen LogP contribution in [-0.2, 0) is 0 Å². The van der Waals surface area contributed by atoms with Crippen molar-refractivity contribution in [2.24, 2.45) is 0 Å². The molecule has 0 bridgehead atoms. The van der Waals surface area contributed by atoms with Gasteiger partial charge < -0.3 is 9.73 Å². The highest BCUT2D eigenvalue weighted by atomic mass is 19.3. The maximum absolute atomic E-state index is 12.4. The van der Waals surface area contributed by atoms with E-state index in [0.717, 1.165) is 16.3 Å². The van der Waals surface area contributed by atoms with Crippen LogP contribution in [0.1, 0.15) is 5.56 Å². The molecule has 8 heteroatoms. The minimum Gasteiger partial charge on any atom is -0.416 e. The summed E-state index contributed by atoms with van der Waals surface area (Å²) in [7, 11) is 0. The molecular formula is C20H13F2N5O. The van der Waals surface area contributed by atoms with E-state index in [1.54, 1.807) is 24.5 Å². The summed E-state index contributed by atoms with van der Waals surface area (Å²) in [4.78, 5) is 4.08. The van der Waals surface area contributed by atoms with Crippen LogP contribution < -0.4 is 5.32 Å². The number of fused-ring (bicyclic) bond motifs is 1. The molecule has 2 aromatic carbocycles. The van der Waals surface area contributed by atoms with Crippen LogP contribution in [0.15, 0.2) is 59.3 Å². The van der Waals surface area contributed by atoms with Crippen LogP contribution in [0.2, 0.25) is 0 Å². The van der Waals surface area contributed by atoms with Crippen molar-refractivity contribution in [1.82, 2.24) is 15.2 Å². The predicted octanol–water partition coefficient (Wildman–Crippen LogP) is 4.50. The van der Waals surface area contributed by atoms with E-state index in [1.165, 1.54) is 6.07 Å². The van der Waals surface area contributed by atoms with Gasteiger partial charge in [-0.05, 0) is 41.8 Å². The zero-order valence-corrected chi connectivity index (χ0v) is 14.4. The molecule has 0 saturated heterocycles. The summed E-state index contributed by atoms with van der Waals surface area (Å²) < 4.78 is 30.5. The summed E-state index contributed by atoms with van der Waals surface area (Å²) >= 11 is 0. The molecule has 0 aliphatic carbocycles. The van der Waals surface area contributed by atoms with E-state index in [1.807, 2.05) is 30.3 Å². The van der Waals surface area contributed by atoms with Gasteiger partial charge in [-0.2, -0.15) is 5.26 Å². The fraction of sp³-hybridized carbons (Fsp3) is 0.100. The van der Waals surface area contributed by atoms with E-state index in [4.69, 9.17) is 4.42 Å². The molecule has 0 radical (unpaired) electrons. The summed E-state index contributed by atoms with van der Waals surface area (Å²) in [5.74, 6) is 0.578. The molecule has 0 amide bonds. The molecule has 0 aliphatic rings. The summed E-state index contributed by atoms with van der Waals surface area (Å²) in [5.41, 5.74) is 1.83. The van der Waals surface area contributed by atoms with E-state index < -0.39 is 13.0 Å². The van der Waals surface area contributed by atoms with Crippen LogP contribution in [0.4, 0.5) is 14.5 Å². The highest BCUT2D eigenvalue weighted by Crippen LogP contribution is 2.28. The highest BCUT2D eigenvalue weighted by Gasteiger charge is 2.14. The number of pyridine rings is 1. The van der Waals surface area contributed by atoms with E-state index >= 15 is 0 Å². The Hall–Kier alpha value is -3.86. The molecule has 0 spiro atoms. The molecule has 2 heterocycles. The molecule has 28 heavy (non-hydrogen) atoms. The maximum atomic E-state index is 12.4. The minimum absolute atomic E-state index is 0.219. The Bertz CT molecular complexity index is 1180. The van der Waals surface area contributed by atoms with Crippen molar-refractivity contribution in [2.75, 3.05) is 11.9 Å². The monoisotopic (exact) mass is 377 g/mol. The van der Waals surface area contributed by atoms with Crippen LogP contribution in [-0.4, -0.2) is 28.2 Å². The molecule has 4 rings (SSSR count). The first-order chi connectivity index (χ1) is 13.6. The first-order valence-corrected chi connectivity index (χ1v) is 8.38. The normalized spacial score (nSPS) is 10.9. The number of halogens is 2. The lowest BCUT2D eigenvalue weighted by Crippen LogP contribution is -2.11. The van der Waals surface area contributed by atoms with Gasteiger partial charge in [-0.25, -0.2) is 8.78 Å². The number of alkyl halides is 2. The van der Waals surface area contributed by atoms with E-state index in [0.29, 0.717) is 17.1 Å². The molecule has 0 fully saturated rings. The summed E-state index contributed by atoms with van der Waals surface area (Å²) in [6.07, 6.45) is 0.964. The van der Waals surface area contributed by atoms with Crippen molar-refractivity contribution in [1.29, 1.82) is 5.26 Å². The molecule has 0 atom stereocenters. The van der Waals surface area contributed by atoms with E-state index in [9.17, 15) is 14.0 Å². The third kappa shape index (κ3) is 3.50. The Morgan fingerprint density at radius 2 is 1.75 bits per heavy atom. The fourth-order valence-electron chi connectivity index (χ4n) is 2.78. The van der Waals surface area contributed by atoms with E-state index in [2.05, 4.69) is 20.5 Å². The Kier molecular flexibility index (Phi) is 4.64. The molecular weight excluding hydrogens is 364 g/mol. The van der Waals surface area contributed by atoms with Crippen LogP contribution >= 0.6 is 0 Å². The Morgan fingerprint density at radius 1 is 1.00 bits per heavy atom. The van der Waals surface area contributed by atoms with Gasteiger partial charge in [0.25, 0.3) is 6.43 Å². The third-order valence-corrected chi connectivity index (χ3v) is 4.15. The number of rotatable bonds is 5. The minimum atomic E-state index is -2.51. The van der Waals surface area contributed by atoms with Gasteiger partial charge in [0.15, 0.2) is 0 Å². The van der Waals surface area contributed by atoms with Crippen LogP contribution in [0.3, 0.4) is 0 Å². The molecule has 0 saturated carbocycles. The summed E-state index contributed by atoms with van der Waals surface area (Å²) in [6, 6.07) is 14.3. The van der Waals surface area contributed by atoms with Gasteiger partial charge in [0.1, 0.15) is 6.07 Å². The number of hydrogen-bond donors (Lipinski definition) is 1. The molecule has 1 N–H and O–H groups in total. The lowest BCUT2D eigenvalue weighted by atomic mass is 10.1. The van der Waals surface area contributed by atoms with Gasteiger partial charge in [0.05, 0.1) is 17.8 Å². The summed E-state index contributed by atoms with van der Waals surface area (Å²) in [6.45, 7) is -0.532. The Labute approximate surface area is 158 Å². The molecule has 138 valence electrons. The van der Waals surface area contributed by atoms with Gasteiger partial charge in [-0.1, -0.05) is 6.07 Å². The van der Waals surface area contributed by atoms with Gasteiger partial charge in [-0.15, -0.1) is 10.2 Å². The van der Waals surface area contributed by atoms with Crippen molar-refractivity contribution in [3.8, 4) is 29.0 Å². The topological polar surface area (TPSA) is 87.6 Å². The summed E-state index contributed by atoms with van der Waals surface area (Å²) in [5, 5.41) is 21.9. The van der Waals surface area contributed by atoms with Crippen molar-refractivity contribution in [3.63, 3.8) is 0 Å². The van der Waals surface area contributed by atoms with Crippen LogP contribution in [0.25, 0.3) is 33.7 Å². The molecule has 2 aromatic heterocycles. The zero-order valence-electron chi connectivity index (χ0n) is 14.4. The number of nitrogens with one attached hydrogen (secondary N) is 1. The highest BCUT2D eigenvalue weighted by molar-refractivity contribution is 5.85. The second-order valence-corrected chi connectivity index (χ2v) is 5.99. The number of nitriles is 1. The number of anilines is 1. The fourth-order valence-corrected chi connectivity index (χ4v) is 2.78. The molecule has 0 aliphatic heterocycles. The van der Waals surface area contributed by atoms with Crippen LogP contribution in [0, 0.1) is 11.3 Å². The zero-order chi connectivity index (χ0) is 19.5. The second-order valence-electron chi connectivity index (χ2n) is 5.99. The average molecular weight is 377 g/mol. The first-order valence-electron chi connectivity index (χ1n) is 8.38. The number of nitrogens with zero attached hydrogens (tertiary/aromatic N) is 4. The number of hydrogen-bond acceptors (Lipinski definition) is 6. The van der Waals surface area contributed by atoms with Gasteiger partial charge in [0, 0.05) is 28.9 Å². The molecule has 4 aromatic rings. The molecule has 0 unspecified atom stereocenters. The predicted molar refractivity (Wildman–Crippen MR) is 99.7 cm³/mol. The van der Waals surface area contributed by atoms with Gasteiger partial charge >= 0.3 is 0 Å². The second kappa shape index (κ2) is 7.40. The average Bonchev–Trinajstić information content (AvgIpc) is 3.22.